The summed E-state index contributed by atoms with van der Waals surface area (Å²) >= 11 is 6.06. The van der Waals surface area contributed by atoms with Crippen LogP contribution in [-0.4, -0.2) is 17.0 Å². The third-order valence-electron chi connectivity index (χ3n) is 3.45. The van der Waals surface area contributed by atoms with Crippen LogP contribution in [0.1, 0.15) is 17.2 Å². The van der Waals surface area contributed by atoms with E-state index < -0.39 is 5.82 Å². The molecule has 21 heavy (non-hydrogen) atoms. The number of benzene rings is 2. The van der Waals surface area contributed by atoms with E-state index in [0.29, 0.717) is 11.1 Å². The Bertz CT molecular complexity index is 855. The van der Waals surface area contributed by atoms with Gasteiger partial charge in [-0.05, 0) is 36.4 Å². The molecule has 0 saturated carbocycles. The summed E-state index contributed by atoms with van der Waals surface area (Å²) in [5.41, 5.74) is 2.70. The number of nitrogens with one attached hydrogen (secondary N) is 3. The average molecular weight is 306 g/mol. The van der Waals surface area contributed by atoms with Gasteiger partial charge in [-0.3, -0.25) is 0 Å². The molecule has 0 aliphatic carbocycles. The summed E-state index contributed by atoms with van der Waals surface area (Å²) < 4.78 is 13.6. The lowest BCUT2D eigenvalue weighted by Crippen LogP contribution is -2.18. The van der Waals surface area contributed by atoms with Crippen LogP contribution in [0.5, 0.6) is 0 Å². The lowest BCUT2D eigenvalue weighted by Gasteiger charge is -2.18. The highest BCUT2D eigenvalue weighted by molar-refractivity contribution is 6.31. The molecule has 4 nitrogen and oxygen atoms in total. The summed E-state index contributed by atoms with van der Waals surface area (Å²) in [6.45, 7) is 0. The summed E-state index contributed by atoms with van der Waals surface area (Å²) in [4.78, 5) is 16.7. The fourth-order valence-corrected chi connectivity index (χ4v) is 2.71. The lowest BCUT2D eigenvalue weighted by molar-refractivity contribution is 0.617. The van der Waals surface area contributed by atoms with Crippen LogP contribution in [0.3, 0.4) is 0 Å². The number of hydrogen-bond acceptors (Lipinski definition) is 2. The Balaban J connectivity index is 2.13. The fraction of sp³-hybridized carbons (Fsp3) is 0.133. The smallest absolute Gasteiger partial charge is 0.309 e. The third kappa shape index (κ3) is 2.46. The molecular weight excluding hydrogens is 293 g/mol. The maximum absolute atomic E-state index is 13.6. The minimum absolute atomic E-state index is 0.0968. The first kappa shape index (κ1) is 13.9. The summed E-state index contributed by atoms with van der Waals surface area (Å²) in [7, 11) is 1.77. The summed E-state index contributed by atoms with van der Waals surface area (Å²) in [5, 5.41) is 3.22. The van der Waals surface area contributed by atoms with Gasteiger partial charge in [0.15, 0.2) is 0 Å². The van der Waals surface area contributed by atoms with E-state index in [1.54, 1.807) is 25.2 Å². The van der Waals surface area contributed by atoms with Crippen molar-refractivity contribution in [2.24, 2.45) is 0 Å². The van der Waals surface area contributed by atoms with Crippen molar-refractivity contribution in [3.05, 3.63) is 68.8 Å². The van der Waals surface area contributed by atoms with Crippen molar-refractivity contribution in [2.45, 2.75) is 6.04 Å². The van der Waals surface area contributed by atoms with Crippen LogP contribution < -0.4 is 11.0 Å². The fourth-order valence-electron chi connectivity index (χ4n) is 2.47. The number of imidazole rings is 1. The molecule has 1 atom stereocenters. The molecule has 0 amide bonds. The maximum atomic E-state index is 13.6. The van der Waals surface area contributed by atoms with E-state index in [0.717, 1.165) is 11.1 Å². The lowest BCUT2D eigenvalue weighted by atomic mass is 9.98. The largest absolute Gasteiger partial charge is 0.323 e. The van der Waals surface area contributed by atoms with Gasteiger partial charge in [-0.2, -0.15) is 0 Å². The quantitative estimate of drug-likeness (QED) is 0.697. The zero-order chi connectivity index (χ0) is 15.0. The van der Waals surface area contributed by atoms with Crippen molar-refractivity contribution in [1.82, 2.24) is 15.3 Å². The third-order valence-corrected chi connectivity index (χ3v) is 3.85. The van der Waals surface area contributed by atoms with Crippen LogP contribution in [0.15, 0.2) is 41.2 Å². The van der Waals surface area contributed by atoms with Gasteiger partial charge in [0.05, 0.1) is 22.1 Å². The van der Waals surface area contributed by atoms with Gasteiger partial charge in [-0.15, -0.1) is 0 Å². The first-order valence-electron chi connectivity index (χ1n) is 6.43. The highest BCUT2D eigenvalue weighted by Gasteiger charge is 2.18. The highest BCUT2D eigenvalue weighted by Crippen LogP contribution is 2.30. The van der Waals surface area contributed by atoms with Crippen molar-refractivity contribution in [1.29, 1.82) is 0 Å². The highest BCUT2D eigenvalue weighted by atomic mass is 35.5. The number of H-pyrrole nitrogens is 2. The Morgan fingerprint density at radius 2 is 1.95 bits per heavy atom. The standard InChI is InChI=1S/C15H13ClFN3O/c1-18-14(9-3-2-4-10(17)13(9)16)8-5-6-11-12(7-8)20-15(21)19-11/h2-7,14,18H,1H3,(H2,19,20,21). The maximum Gasteiger partial charge on any atom is 0.323 e. The van der Waals surface area contributed by atoms with Gasteiger partial charge in [0.2, 0.25) is 0 Å². The Morgan fingerprint density at radius 3 is 2.71 bits per heavy atom. The van der Waals surface area contributed by atoms with E-state index in [1.165, 1.54) is 6.07 Å². The Kier molecular flexibility index (Phi) is 3.53. The molecule has 1 heterocycles. The summed E-state index contributed by atoms with van der Waals surface area (Å²) in [6, 6.07) is 9.97. The van der Waals surface area contributed by atoms with Crippen LogP contribution in [0.2, 0.25) is 5.02 Å². The van der Waals surface area contributed by atoms with E-state index >= 15 is 0 Å². The van der Waals surface area contributed by atoms with Crippen LogP contribution >= 0.6 is 11.6 Å². The molecule has 2 aromatic carbocycles. The molecule has 0 fully saturated rings. The molecule has 0 spiro atoms. The van der Waals surface area contributed by atoms with Gasteiger partial charge in [-0.1, -0.05) is 29.8 Å². The molecule has 0 radical (unpaired) electrons. The van der Waals surface area contributed by atoms with Crippen LogP contribution in [0, 0.1) is 5.82 Å². The number of halogens is 2. The van der Waals surface area contributed by atoms with E-state index in [2.05, 4.69) is 15.3 Å². The van der Waals surface area contributed by atoms with Crippen molar-refractivity contribution < 1.29 is 4.39 Å². The van der Waals surface area contributed by atoms with Gasteiger partial charge < -0.3 is 15.3 Å². The van der Waals surface area contributed by atoms with Gasteiger partial charge in [0.1, 0.15) is 5.82 Å². The van der Waals surface area contributed by atoms with Crippen molar-refractivity contribution in [2.75, 3.05) is 7.05 Å². The Hall–Kier alpha value is -2.11. The monoisotopic (exact) mass is 305 g/mol. The SMILES string of the molecule is CNC(c1ccc2[nH]c(=O)[nH]c2c1)c1cccc(F)c1Cl. The number of aromatic nitrogens is 2. The van der Waals surface area contributed by atoms with Crippen LogP contribution in [0.25, 0.3) is 11.0 Å². The Labute approximate surface area is 125 Å². The molecule has 0 aliphatic heterocycles. The molecule has 3 N–H and O–H groups in total. The first-order valence-corrected chi connectivity index (χ1v) is 6.81. The van der Waals surface area contributed by atoms with E-state index in [4.69, 9.17) is 11.6 Å². The summed E-state index contributed by atoms with van der Waals surface area (Å²) in [6.07, 6.45) is 0. The van der Waals surface area contributed by atoms with Gasteiger partial charge >= 0.3 is 5.69 Å². The van der Waals surface area contributed by atoms with E-state index in [9.17, 15) is 9.18 Å². The van der Waals surface area contributed by atoms with Crippen LogP contribution in [0.4, 0.5) is 4.39 Å². The van der Waals surface area contributed by atoms with E-state index in [1.807, 2.05) is 12.1 Å². The number of fused-ring (bicyclic) bond motifs is 1. The van der Waals surface area contributed by atoms with Gasteiger partial charge in [-0.25, -0.2) is 9.18 Å². The number of rotatable bonds is 3. The predicted molar refractivity (Wildman–Crippen MR) is 81.2 cm³/mol. The summed E-state index contributed by atoms with van der Waals surface area (Å²) in [5.74, 6) is -0.453. The topological polar surface area (TPSA) is 60.7 Å². The second-order valence-electron chi connectivity index (χ2n) is 4.75. The predicted octanol–water partition coefficient (Wildman–Crippen LogP) is 2.96. The molecule has 6 heteroatoms. The van der Waals surface area contributed by atoms with Crippen molar-refractivity contribution in [3.8, 4) is 0 Å². The molecule has 0 aliphatic rings. The molecular formula is C15H13ClFN3O. The number of hydrogen-bond donors (Lipinski definition) is 3. The first-order chi connectivity index (χ1) is 10.1. The van der Waals surface area contributed by atoms with Gasteiger partial charge in [0, 0.05) is 0 Å². The molecule has 1 aromatic heterocycles. The average Bonchev–Trinajstić information content (AvgIpc) is 2.83. The normalized spacial score (nSPS) is 12.7. The van der Waals surface area contributed by atoms with E-state index in [-0.39, 0.29) is 16.8 Å². The number of aromatic amines is 2. The molecule has 108 valence electrons. The second-order valence-corrected chi connectivity index (χ2v) is 5.13. The van der Waals surface area contributed by atoms with Crippen LogP contribution in [-0.2, 0) is 0 Å². The van der Waals surface area contributed by atoms with Gasteiger partial charge in [0.25, 0.3) is 0 Å². The minimum atomic E-state index is -0.453. The molecule has 3 aromatic rings. The molecule has 3 rings (SSSR count). The minimum Gasteiger partial charge on any atom is -0.309 e. The van der Waals surface area contributed by atoms with Crippen molar-refractivity contribution >= 4 is 22.6 Å². The Morgan fingerprint density at radius 1 is 1.19 bits per heavy atom. The zero-order valence-electron chi connectivity index (χ0n) is 11.2. The van der Waals surface area contributed by atoms with Crippen molar-refractivity contribution in [3.63, 3.8) is 0 Å². The molecule has 1 unspecified atom stereocenters. The molecule has 0 bridgehead atoms. The zero-order valence-corrected chi connectivity index (χ0v) is 12.0. The second kappa shape index (κ2) is 5.35. The molecule has 0 saturated heterocycles.